The molecule has 2 aromatic carbocycles. The van der Waals surface area contributed by atoms with E-state index < -0.39 is 0 Å². The first-order chi connectivity index (χ1) is 14.4. The van der Waals surface area contributed by atoms with E-state index in [0.717, 1.165) is 37.4 Å². The van der Waals surface area contributed by atoms with Crippen LogP contribution in [0.15, 0.2) is 48.5 Å². The summed E-state index contributed by atoms with van der Waals surface area (Å²) in [6.07, 6.45) is 0. The van der Waals surface area contributed by atoms with E-state index in [9.17, 15) is 9.18 Å². The molecular formula is C24H31FN2O3. The summed E-state index contributed by atoms with van der Waals surface area (Å²) in [5.41, 5.74) is 2.24. The quantitative estimate of drug-likeness (QED) is 0.701. The summed E-state index contributed by atoms with van der Waals surface area (Å²) in [6, 6.07) is 14.7. The zero-order valence-corrected chi connectivity index (χ0v) is 18.0. The van der Waals surface area contributed by atoms with Crippen molar-refractivity contribution < 1.29 is 18.7 Å². The third kappa shape index (κ3) is 6.82. The van der Waals surface area contributed by atoms with Crippen LogP contribution in [0.2, 0.25) is 0 Å². The van der Waals surface area contributed by atoms with E-state index in [1.54, 1.807) is 0 Å². The number of nitrogens with zero attached hydrogens (tertiary/aromatic N) is 2. The van der Waals surface area contributed by atoms with Gasteiger partial charge in [0.05, 0.1) is 13.2 Å². The predicted molar refractivity (Wildman–Crippen MR) is 115 cm³/mol. The number of epoxide rings is 1. The number of rotatable bonds is 5. The molecule has 1 amide bonds. The lowest BCUT2D eigenvalue weighted by Crippen LogP contribution is -2.58. The summed E-state index contributed by atoms with van der Waals surface area (Å²) < 4.78 is 23.2. The molecule has 162 valence electrons. The van der Waals surface area contributed by atoms with Gasteiger partial charge in [-0.05, 0) is 50.6 Å². The molecule has 6 heteroatoms. The monoisotopic (exact) mass is 414 g/mol. The highest BCUT2D eigenvalue weighted by atomic mass is 19.1. The molecule has 2 heterocycles. The van der Waals surface area contributed by atoms with Crippen molar-refractivity contribution in [3.8, 4) is 5.75 Å². The lowest BCUT2D eigenvalue weighted by Gasteiger charge is -2.44. The number of benzene rings is 2. The molecule has 30 heavy (non-hydrogen) atoms. The van der Waals surface area contributed by atoms with Gasteiger partial charge in [0.1, 0.15) is 11.6 Å². The van der Waals surface area contributed by atoms with Gasteiger partial charge in [0.2, 0.25) is 0 Å². The lowest BCUT2D eigenvalue weighted by molar-refractivity contribution is -0.139. The zero-order chi connectivity index (χ0) is 21.5. The number of piperazine rings is 1. The van der Waals surface area contributed by atoms with E-state index in [2.05, 4.69) is 23.5 Å². The Bertz CT molecular complexity index is 805. The zero-order valence-electron chi connectivity index (χ0n) is 18.0. The summed E-state index contributed by atoms with van der Waals surface area (Å²) in [5.74, 6) is 0.505. The fraction of sp³-hybridized carbons (Fsp3) is 0.458. The van der Waals surface area contributed by atoms with Crippen LogP contribution in [-0.4, -0.2) is 60.7 Å². The molecule has 0 bridgehead atoms. The van der Waals surface area contributed by atoms with Crippen molar-refractivity contribution in [2.75, 3.05) is 32.9 Å². The fourth-order valence-corrected chi connectivity index (χ4v) is 3.45. The third-order valence-corrected chi connectivity index (χ3v) is 5.32. The van der Waals surface area contributed by atoms with E-state index >= 15 is 0 Å². The largest absolute Gasteiger partial charge is 0.484 e. The number of ether oxygens (including phenoxy) is 2. The van der Waals surface area contributed by atoms with Gasteiger partial charge >= 0.3 is 0 Å². The van der Waals surface area contributed by atoms with E-state index in [1.165, 1.54) is 12.1 Å². The van der Waals surface area contributed by atoms with E-state index in [1.807, 2.05) is 48.2 Å². The van der Waals surface area contributed by atoms with Gasteiger partial charge in [-0.2, -0.15) is 0 Å². The van der Waals surface area contributed by atoms with Gasteiger partial charge in [0.25, 0.3) is 5.91 Å². The van der Waals surface area contributed by atoms with E-state index in [-0.39, 0.29) is 30.4 Å². The topological polar surface area (TPSA) is 45.3 Å². The predicted octanol–water partition coefficient (Wildman–Crippen LogP) is 3.65. The molecule has 0 saturated carbocycles. The first kappa shape index (κ1) is 22.2. The molecule has 2 aliphatic heterocycles. The Hall–Kier alpha value is -2.44. The highest BCUT2D eigenvalue weighted by molar-refractivity contribution is 5.78. The summed E-state index contributed by atoms with van der Waals surface area (Å²) in [4.78, 5) is 16.9. The molecule has 2 aliphatic rings. The standard InChI is InChI=1S/C22H27FN2O2.C2H4O/c1-16-4-10-21(11-5-16)27-15-22(26)25-13-17(2)24(12-18(25)3)14-19-6-8-20(23)9-7-19;1-2-3-1/h4-11,17-18H,12-15H2,1-3H3;1-2H2. The molecule has 2 fully saturated rings. The highest BCUT2D eigenvalue weighted by Gasteiger charge is 2.32. The first-order valence-electron chi connectivity index (χ1n) is 10.5. The van der Waals surface area contributed by atoms with Crippen LogP contribution in [0, 0.1) is 12.7 Å². The van der Waals surface area contributed by atoms with Crippen LogP contribution in [0.1, 0.15) is 25.0 Å². The maximum atomic E-state index is 13.1. The van der Waals surface area contributed by atoms with Crippen molar-refractivity contribution in [1.82, 2.24) is 9.80 Å². The molecule has 2 aromatic rings. The molecule has 2 unspecified atom stereocenters. The molecule has 5 nitrogen and oxygen atoms in total. The fourth-order valence-electron chi connectivity index (χ4n) is 3.45. The molecule has 2 atom stereocenters. The minimum absolute atomic E-state index is 0.0105. The summed E-state index contributed by atoms with van der Waals surface area (Å²) in [6.45, 7) is 10.5. The van der Waals surface area contributed by atoms with Crippen LogP contribution >= 0.6 is 0 Å². The van der Waals surface area contributed by atoms with Gasteiger partial charge in [-0.1, -0.05) is 29.8 Å². The number of halogens is 1. The molecule has 2 saturated heterocycles. The molecule has 4 rings (SSSR count). The van der Waals surface area contributed by atoms with Gasteiger partial charge in [-0.3, -0.25) is 9.69 Å². The number of carbonyl (C=O) groups excluding carboxylic acids is 1. The van der Waals surface area contributed by atoms with E-state index in [4.69, 9.17) is 4.74 Å². The average molecular weight is 415 g/mol. The Morgan fingerprint density at radius 3 is 2.27 bits per heavy atom. The van der Waals surface area contributed by atoms with Crippen molar-refractivity contribution in [3.63, 3.8) is 0 Å². The normalized spacial score (nSPS) is 20.9. The number of hydrogen-bond donors (Lipinski definition) is 0. The van der Waals surface area contributed by atoms with Crippen LogP contribution < -0.4 is 4.74 Å². The minimum atomic E-state index is -0.218. The second-order valence-corrected chi connectivity index (χ2v) is 8.01. The highest BCUT2D eigenvalue weighted by Crippen LogP contribution is 2.19. The van der Waals surface area contributed by atoms with Crippen molar-refractivity contribution in [1.29, 1.82) is 0 Å². The summed E-state index contributed by atoms with van der Waals surface area (Å²) in [7, 11) is 0. The number of aryl methyl sites for hydroxylation is 1. The molecule has 0 aliphatic carbocycles. The van der Waals surface area contributed by atoms with Crippen molar-refractivity contribution in [2.24, 2.45) is 0 Å². The Labute approximate surface area is 178 Å². The maximum absolute atomic E-state index is 13.1. The minimum Gasteiger partial charge on any atom is -0.484 e. The molecule has 0 aromatic heterocycles. The van der Waals surface area contributed by atoms with Crippen LogP contribution in [-0.2, 0) is 16.1 Å². The SMILES string of the molecule is C1CO1.Cc1ccc(OCC(=O)N2CC(C)N(Cc3ccc(F)cc3)CC2C)cc1. The van der Waals surface area contributed by atoms with Crippen LogP contribution in [0.3, 0.4) is 0 Å². The lowest BCUT2D eigenvalue weighted by atomic mass is 10.1. The summed E-state index contributed by atoms with van der Waals surface area (Å²) in [5, 5.41) is 0. The Morgan fingerprint density at radius 2 is 1.67 bits per heavy atom. The first-order valence-corrected chi connectivity index (χ1v) is 10.5. The van der Waals surface area contributed by atoms with Crippen molar-refractivity contribution >= 4 is 5.91 Å². The van der Waals surface area contributed by atoms with Gasteiger partial charge in [0.15, 0.2) is 6.61 Å². The van der Waals surface area contributed by atoms with Crippen LogP contribution in [0.25, 0.3) is 0 Å². The Balaban J connectivity index is 0.000000782. The number of amides is 1. The number of carbonyl (C=O) groups is 1. The second-order valence-electron chi connectivity index (χ2n) is 8.01. The number of hydrogen-bond acceptors (Lipinski definition) is 4. The van der Waals surface area contributed by atoms with Crippen molar-refractivity contribution in [2.45, 2.75) is 39.4 Å². The second kappa shape index (κ2) is 10.5. The summed E-state index contributed by atoms with van der Waals surface area (Å²) >= 11 is 0. The Morgan fingerprint density at radius 1 is 1.03 bits per heavy atom. The van der Waals surface area contributed by atoms with Gasteiger partial charge in [-0.15, -0.1) is 0 Å². The smallest absolute Gasteiger partial charge is 0.260 e. The van der Waals surface area contributed by atoms with Crippen LogP contribution in [0.4, 0.5) is 4.39 Å². The molecule has 0 spiro atoms. The van der Waals surface area contributed by atoms with Gasteiger partial charge < -0.3 is 14.4 Å². The Kier molecular flexibility index (Phi) is 7.82. The van der Waals surface area contributed by atoms with Gasteiger partial charge in [-0.25, -0.2) is 4.39 Å². The van der Waals surface area contributed by atoms with E-state index in [0.29, 0.717) is 12.3 Å². The molecular weight excluding hydrogens is 383 g/mol. The third-order valence-electron chi connectivity index (χ3n) is 5.32. The maximum Gasteiger partial charge on any atom is 0.260 e. The molecule has 0 N–H and O–H groups in total. The average Bonchev–Trinajstić information content (AvgIpc) is 3.61. The van der Waals surface area contributed by atoms with Crippen molar-refractivity contribution in [3.05, 3.63) is 65.5 Å². The van der Waals surface area contributed by atoms with Crippen LogP contribution in [0.5, 0.6) is 5.75 Å². The molecule has 0 radical (unpaired) electrons. The van der Waals surface area contributed by atoms with Gasteiger partial charge in [0, 0.05) is 31.7 Å².